The lowest BCUT2D eigenvalue weighted by atomic mass is 10.3. The molecule has 130 valence electrons. The molecule has 9 heteroatoms. The highest BCUT2D eigenvalue weighted by molar-refractivity contribution is 6.38. The first kappa shape index (κ1) is 17.7. The molecule has 4 amide bonds. The van der Waals surface area contributed by atoms with E-state index in [1.807, 2.05) is 0 Å². The quantitative estimate of drug-likeness (QED) is 0.643. The molecule has 1 unspecified atom stereocenters. The minimum absolute atomic E-state index is 0.0104. The van der Waals surface area contributed by atoms with Gasteiger partial charge in [-0.05, 0) is 13.0 Å². The Morgan fingerprint density at radius 2 is 2.00 bits per heavy atom. The van der Waals surface area contributed by atoms with Crippen LogP contribution in [-0.4, -0.2) is 69.6 Å². The van der Waals surface area contributed by atoms with Gasteiger partial charge in [0, 0.05) is 38.4 Å². The number of imide groups is 1. The highest BCUT2D eigenvalue weighted by Crippen LogP contribution is 2.05. The number of urea groups is 1. The van der Waals surface area contributed by atoms with E-state index in [0.717, 1.165) is 4.90 Å². The maximum absolute atomic E-state index is 12.0. The second-order valence-electron chi connectivity index (χ2n) is 5.37. The molecular formula is C15H20N4O5. The minimum Gasteiger partial charge on any atom is -0.389 e. The van der Waals surface area contributed by atoms with Gasteiger partial charge in [-0.25, -0.2) is 4.79 Å². The number of nitrogens with zero attached hydrogens (tertiary/aromatic N) is 3. The summed E-state index contributed by atoms with van der Waals surface area (Å²) in [6.07, 6.45) is 0.524. The largest absolute Gasteiger partial charge is 0.389 e. The number of hydrogen-bond acceptors (Lipinski definition) is 5. The van der Waals surface area contributed by atoms with Gasteiger partial charge in [-0.15, -0.1) is 0 Å². The molecule has 1 atom stereocenters. The first-order chi connectivity index (χ1) is 11.4. The van der Waals surface area contributed by atoms with E-state index < -0.39 is 23.9 Å². The van der Waals surface area contributed by atoms with Gasteiger partial charge >= 0.3 is 17.8 Å². The third-order valence-electron chi connectivity index (χ3n) is 3.73. The fraction of sp³-hybridized carbons (Fsp3) is 0.467. The number of aromatic nitrogens is 1. The van der Waals surface area contributed by atoms with Crippen molar-refractivity contribution in [2.45, 2.75) is 19.6 Å². The lowest BCUT2D eigenvalue weighted by molar-refractivity contribution is -0.153. The number of carbonyl (C=O) groups excluding carboxylic acids is 3. The lowest BCUT2D eigenvalue weighted by Gasteiger charge is -2.31. The van der Waals surface area contributed by atoms with E-state index in [9.17, 15) is 24.3 Å². The van der Waals surface area contributed by atoms with E-state index in [-0.39, 0.29) is 31.7 Å². The summed E-state index contributed by atoms with van der Waals surface area (Å²) >= 11 is 0. The predicted molar refractivity (Wildman–Crippen MR) is 84.1 cm³/mol. The molecule has 1 aromatic rings. The Kier molecular flexibility index (Phi) is 5.69. The molecule has 1 fully saturated rings. The van der Waals surface area contributed by atoms with Crippen LogP contribution in [0.5, 0.6) is 0 Å². The van der Waals surface area contributed by atoms with E-state index in [4.69, 9.17) is 0 Å². The Balaban J connectivity index is 1.87. The van der Waals surface area contributed by atoms with Gasteiger partial charge in [0.05, 0.1) is 12.6 Å². The molecule has 24 heavy (non-hydrogen) atoms. The molecule has 1 aliphatic rings. The van der Waals surface area contributed by atoms with E-state index in [0.29, 0.717) is 6.54 Å². The van der Waals surface area contributed by atoms with Crippen LogP contribution in [0.4, 0.5) is 4.79 Å². The van der Waals surface area contributed by atoms with Crippen molar-refractivity contribution in [2.75, 3.05) is 26.2 Å². The number of nitrogens with one attached hydrogen (secondary N) is 1. The zero-order valence-electron chi connectivity index (χ0n) is 13.3. The van der Waals surface area contributed by atoms with Crippen molar-refractivity contribution in [1.29, 1.82) is 0 Å². The third-order valence-corrected chi connectivity index (χ3v) is 3.73. The van der Waals surface area contributed by atoms with Crippen LogP contribution in [0, 0.1) is 0 Å². The van der Waals surface area contributed by atoms with Gasteiger partial charge in [-0.2, -0.15) is 0 Å². The molecule has 9 nitrogen and oxygen atoms in total. The Labute approximate surface area is 138 Å². The maximum Gasteiger partial charge on any atom is 0.324 e. The lowest BCUT2D eigenvalue weighted by Crippen LogP contribution is -2.58. The normalized spacial score (nSPS) is 16.2. The third kappa shape index (κ3) is 3.99. The summed E-state index contributed by atoms with van der Waals surface area (Å²) in [5.41, 5.74) is -0.265. The zero-order chi connectivity index (χ0) is 17.7. The summed E-state index contributed by atoms with van der Waals surface area (Å²) in [5.74, 6) is -1.59. The molecule has 0 aliphatic carbocycles. The molecule has 2 heterocycles. The minimum atomic E-state index is -1.00. The predicted octanol–water partition coefficient (Wildman–Crippen LogP) is -1.39. The highest BCUT2D eigenvalue weighted by atomic mass is 16.3. The summed E-state index contributed by atoms with van der Waals surface area (Å²) < 4.78 is 1.31. The fourth-order valence-corrected chi connectivity index (χ4v) is 2.37. The van der Waals surface area contributed by atoms with Crippen LogP contribution in [0.1, 0.15) is 6.92 Å². The van der Waals surface area contributed by atoms with E-state index >= 15 is 0 Å². The summed E-state index contributed by atoms with van der Waals surface area (Å²) in [7, 11) is 0. The smallest absolute Gasteiger partial charge is 0.324 e. The number of hydrogen-bond donors (Lipinski definition) is 2. The SMILES string of the molecule is CCN1CCN(C(=O)NCC(O)Cn2ccccc2=O)C(=O)C1=O. The van der Waals surface area contributed by atoms with Crippen molar-refractivity contribution in [3.8, 4) is 0 Å². The maximum atomic E-state index is 12.0. The first-order valence-electron chi connectivity index (χ1n) is 7.66. The average molecular weight is 336 g/mol. The molecule has 0 aromatic carbocycles. The number of pyridine rings is 1. The number of amides is 4. The molecular weight excluding hydrogens is 316 g/mol. The van der Waals surface area contributed by atoms with Crippen LogP contribution in [0.15, 0.2) is 29.2 Å². The van der Waals surface area contributed by atoms with Crippen LogP contribution >= 0.6 is 0 Å². The van der Waals surface area contributed by atoms with Gasteiger partial charge in [-0.3, -0.25) is 19.3 Å². The summed E-state index contributed by atoms with van der Waals surface area (Å²) in [6.45, 7) is 2.42. The van der Waals surface area contributed by atoms with Crippen LogP contribution in [0.2, 0.25) is 0 Å². The first-order valence-corrected chi connectivity index (χ1v) is 7.66. The summed E-state index contributed by atoms with van der Waals surface area (Å²) in [4.78, 5) is 49.4. The zero-order valence-corrected chi connectivity index (χ0v) is 13.3. The second-order valence-corrected chi connectivity index (χ2v) is 5.37. The number of carbonyl (C=O) groups is 3. The van der Waals surface area contributed by atoms with Crippen LogP contribution in [0.3, 0.4) is 0 Å². The van der Waals surface area contributed by atoms with E-state index in [2.05, 4.69) is 5.32 Å². The standard InChI is InChI=1S/C15H20N4O5/c1-2-17-7-8-19(14(23)13(17)22)15(24)16-9-11(20)10-18-6-4-3-5-12(18)21/h3-6,11,20H,2,7-10H2,1H3,(H,16,24). The molecule has 0 bridgehead atoms. The van der Waals surface area contributed by atoms with Gasteiger partial charge in [-0.1, -0.05) is 6.07 Å². The Morgan fingerprint density at radius 1 is 1.25 bits per heavy atom. The molecule has 1 aromatic heterocycles. The Morgan fingerprint density at radius 3 is 2.67 bits per heavy atom. The molecule has 0 saturated carbocycles. The van der Waals surface area contributed by atoms with Crippen molar-refractivity contribution < 1.29 is 19.5 Å². The average Bonchev–Trinajstić information content (AvgIpc) is 2.57. The van der Waals surface area contributed by atoms with E-state index in [1.54, 1.807) is 19.1 Å². The van der Waals surface area contributed by atoms with Crippen molar-refractivity contribution in [3.63, 3.8) is 0 Å². The second kappa shape index (κ2) is 7.73. The van der Waals surface area contributed by atoms with Gasteiger partial charge in [0.2, 0.25) is 0 Å². The number of aliphatic hydroxyl groups excluding tert-OH is 1. The molecule has 2 rings (SSSR count). The Hall–Kier alpha value is -2.68. The van der Waals surface area contributed by atoms with Crippen LogP contribution < -0.4 is 10.9 Å². The number of piperazine rings is 1. The number of rotatable bonds is 5. The molecule has 1 aliphatic heterocycles. The van der Waals surface area contributed by atoms with Gasteiger partial charge in [0.15, 0.2) is 0 Å². The van der Waals surface area contributed by atoms with Crippen molar-refractivity contribution in [1.82, 2.24) is 19.7 Å². The Bertz CT molecular complexity index is 686. The summed E-state index contributed by atoms with van der Waals surface area (Å²) in [6, 6.07) is 3.88. The van der Waals surface area contributed by atoms with Gasteiger partial charge in [0.1, 0.15) is 0 Å². The number of aliphatic hydroxyl groups is 1. The van der Waals surface area contributed by atoms with Crippen molar-refractivity contribution >= 4 is 17.8 Å². The summed E-state index contributed by atoms with van der Waals surface area (Å²) in [5, 5.41) is 12.3. The highest BCUT2D eigenvalue weighted by Gasteiger charge is 2.35. The van der Waals surface area contributed by atoms with Crippen molar-refractivity contribution in [3.05, 3.63) is 34.7 Å². The molecule has 0 radical (unpaired) electrons. The van der Waals surface area contributed by atoms with Crippen LogP contribution in [-0.2, 0) is 16.1 Å². The number of likely N-dealkylation sites (N-methyl/N-ethyl adjacent to an activating group) is 1. The molecule has 0 spiro atoms. The monoisotopic (exact) mass is 336 g/mol. The van der Waals surface area contributed by atoms with E-state index in [1.165, 1.54) is 21.7 Å². The van der Waals surface area contributed by atoms with Crippen molar-refractivity contribution in [2.24, 2.45) is 0 Å². The molecule has 2 N–H and O–H groups in total. The van der Waals surface area contributed by atoms with Gasteiger partial charge < -0.3 is 19.9 Å². The van der Waals surface area contributed by atoms with Crippen LogP contribution in [0.25, 0.3) is 0 Å². The fourth-order valence-electron chi connectivity index (χ4n) is 2.37. The topological polar surface area (TPSA) is 112 Å². The van der Waals surface area contributed by atoms with Gasteiger partial charge in [0.25, 0.3) is 5.56 Å². The molecule has 1 saturated heterocycles.